The second kappa shape index (κ2) is 6.54. The van der Waals surface area contributed by atoms with E-state index < -0.39 is 0 Å². The van der Waals surface area contributed by atoms with E-state index >= 15 is 0 Å². The molecule has 0 aliphatic carbocycles. The lowest BCUT2D eigenvalue weighted by Gasteiger charge is -2.22. The Bertz CT molecular complexity index is 376. The number of likely N-dealkylation sites (N-methyl/N-ethyl adjacent to an activating group) is 1. The quantitative estimate of drug-likeness (QED) is 0.810. The summed E-state index contributed by atoms with van der Waals surface area (Å²) in [6.07, 6.45) is 1.60. The van der Waals surface area contributed by atoms with E-state index in [1.165, 1.54) is 0 Å². The largest absolute Gasteiger partial charge is 0.373 e. The molecule has 18 heavy (non-hydrogen) atoms. The van der Waals surface area contributed by atoms with Crippen LogP contribution in [0.1, 0.15) is 32.3 Å². The maximum absolute atomic E-state index is 4.36. The van der Waals surface area contributed by atoms with Crippen molar-refractivity contribution in [2.45, 2.75) is 32.7 Å². The zero-order chi connectivity index (χ0) is 13.7. The van der Waals surface area contributed by atoms with Gasteiger partial charge in [-0.25, -0.2) is 9.97 Å². The summed E-state index contributed by atoms with van der Waals surface area (Å²) in [5.74, 6) is 2.21. The Morgan fingerprint density at radius 1 is 1.17 bits per heavy atom. The maximum Gasteiger partial charge on any atom is 0.135 e. The van der Waals surface area contributed by atoms with E-state index in [0.717, 1.165) is 23.7 Å². The van der Waals surface area contributed by atoms with Crippen molar-refractivity contribution < 1.29 is 0 Å². The van der Waals surface area contributed by atoms with Crippen LogP contribution in [0.5, 0.6) is 0 Å². The smallest absolute Gasteiger partial charge is 0.135 e. The summed E-state index contributed by atoms with van der Waals surface area (Å²) in [6.45, 7) is 7.36. The predicted molar refractivity (Wildman–Crippen MR) is 77.3 cm³/mol. The number of rotatable bonds is 6. The van der Waals surface area contributed by atoms with E-state index in [0.29, 0.717) is 12.0 Å². The fraction of sp³-hybridized carbons (Fsp3) is 0.692. The zero-order valence-electron chi connectivity index (χ0n) is 12.3. The van der Waals surface area contributed by atoms with Crippen molar-refractivity contribution >= 4 is 11.6 Å². The van der Waals surface area contributed by atoms with Gasteiger partial charge in [0.2, 0.25) is 0 Å². The molecule has 1 rings (SSSR count). The van der Waals surface area contributed by atoms with Crippen molar-refractivity contribution in [1.29, 1.82) is 0 Å². The van der Waals surface area contributed by atoms with Gasteiger partial charge in [-0.15, -0.1) is 0 Å². The fourth-order valence-corrected chi connectivity index (χ4v) is 1.71. The van der Waals surface area contributed by atoms with Crippen LogP contribution in [0, 0.1) is 0 Å². The third-order valence-electron chi connectivity index (χ3n) is 3.14. The molecule has 0 fully saturated rings. The third-order valence-corrected chi connectivity index (χ3v) is 3.14. The summed E-state index contributed by atoms with van der Waals surface area (Å²) in [4.78, 5) is 10.8. The lowest BCUT2D eigenvalue weighted by molar-refractivity contribution is 0.326. The van der Waals surface area contributed by atoms with Crippen LogP contribution in [0.3, 0.4) is 0 Å². The van der Waals surface area contributed by atoms with Crippen LogP contribution < -0.4 is 10.6 Å². The van der Waals surface area contributed by atoms with Gasteiger partial charge in [-0.3, -0.25) is 0 Å². The van der Waals surface area contributed by atoms with Gasteiger partial charge in [0.15, 0.2) is 0 Å². The SMILES string of the molecule is CNc1ncnc(NCC(C)N(C)C)c1C(C)C. The van der Waals surface area contributed by atoms with Crippen molar-refractivity contribution in [3.63, 3.8) is 0 Å². The molecule has 0 aliphatic heterocycles. The average molecular weight is 251 g/mol. The predicted octanol–water partition coefficient (Wildman–Crippen LogP) is 2.00. The number of hydrogen-bond donors (Lipinski definition) is 2. The maximum atomic E-state index is 4.36. The molecule has 1 aromatic heterocycles. The number of aromatic nitrogens is 2. The van der Waals surface area contributed by atoms with Crippen molar-refractivity contribution in [3.8, 4) is 0 Å². The van der Waals surface area contributed by atoms with Gasteiger partial charge in [0, 0.05) is 25.2 Å². The standard InChI is InChI=1S/C13H25N5/c1-9(2)11-12(14-4)16-8-17-13(11)15-7-10(3)18(5)6/h8-10H,7H2,1-6H3,(H2,14,15,16,17). The number of anilines is 2. The number of nitrogens with zero attached hydrogens (tertiary/aromatic N) is 3. The van der Waals surface area contributed by atoms with Gasteiger partial charge in [0.1, 0.15) is 18.0 Å². The van der Waals surface area contributed by atoms with Gasteiger partial charge >= 0.3 is 0 Å². The molecule has 0 amide bonds. The van der Waals surface area contributed by atoms with Crippen molar-refractivity contribution in [1.82, 2.24) is 14.9 Å². The van der Waals surface area contributed by atoms with Gasteiger partial charge in [-0.1, -0.05) is 13.8 Å². The number of hydrogen-bond acceptors (Lipinski definition) is 5. The van der Waals surface area contributed by atoms with Gasteiger partial charge < -0.3 is 15.5 Å². The van der Waals surface area contributed by atoms with Crippen molar-refractivity contribution in [2.75, 3.05) is 38.3 Å². The van der Waals surface area contributed by atoms with Crippen LogP contribution in [-0.4, -0.2) is 48.6 Å². The van der Waals surface area contributed by atoms with Gasteiger partial charge in [-0.2, -0.15) is 0 Å². The van der Waals surface area contributed by atoms with E-state index in [9.17, 15) is 0 Å². The van der Waals surface area contributed by atoms with E-state index in [1.807, 2.05) is 7.05 Å². The molecule has 0 saturated carbocycles. The van der Waals surface area contributed by atoms with Gasteiger partial charge in [0.25, 0.3) is 0 Å². The molecule has 1 aromatic rings. The summed E-state index contributed by atoms with van der Waals surface area (Å²) in [7, 11) is 6.05. The summed E-state index contributed by atoms with van der Waals surface area (Å²) in [6, 6.07) is 0.456. The summed E-state index contributed by atoms with van der Waals surface area (Å²) >= 11 is 0. The monoisotopic (exact) mass is 251 g/mol. The van der Waals surface area contributed by atoms with E-state index in [-0.39, 0.29) is 0 Å². The molecule has 0 radical (unpaired) electrons. The number of nitrogens with one attached hydrogen (secondary N) is 2. The highest BCUT2D eigenvalue weighted by Crippen LogP contribution is 2.27. The third kappa shape index (κ3) is 3.57. The molecule has 2 N–H and O–H groups in total. The first-order chi connectivity index (χ1) is 8.47. The molecule has 0 bridgehead atoms. The van der Waals surface area contributed by atoms with Crippen LogP contribution in [0.25, 0.3) is 0 Å². The Morgan fingerprint density at radius 2 is 1.78 bits per heavy atom. The van der Waals surface area contributed by atoms with Gasteiger partial charge in [-0.05, 0) is 26.9 Å². The Morgan fingerprint density at radius 3 is 2.28 bits per heavy atom. The van der Waals surface area contributed by atoms with Crippen LogP contribution in [0.4, 0.5) is 11.6 Å². The first-order valence-corrected chi connectivity index (χ1v) is 6.40. The molecule has 0 saturated heterocycles. The highest BCUT2D eigenvalue weighted by atomic mass is 15.1. The normalized spacial score (nSPS) is 12.9. The molecular formula is C13H25N5. The van der Waals surface area contributed by atoms with Gasteiger partial charge in [0.05, 0.1) is 0 Å². The van der Waals surface area contributed by atoms with Crippen LogP contribution >= 0.6 is 0 Å². The molecule has 0 aliphatic rings. The van der Waals surface area contributed by atoms with E-state index in [4.69, 9.17) is 0 Å². The Hall–Kier alpha value is -1.36. The van der Waals surface area contributed by atoms with E-state index in [2.05, 4.69) is 60.4 Å². The topological polar surface area (TPSA) is 53.1 Å². The first-order valence-electron chi connectivity index (χ1n) is 6.40. The van der Waals surface area contributed by atoms with Crippen molar-refractivity contribution in [3.05, 3.63) is 11.9 Å². The molecule has 1 heterocycles. The lowest BCUT2D eigenvalue weighted by atomic mass is 10.0. The summed E-state index contributed by atoms with van der Waals surface area (Å²) < 4.78 is 0. The summed E-state index contributed by atoms with van der Waals surface area (Å²) in [5, 5.41) is 6.54. The highest BCUT2D eigenvalue weighted by molar-refractivity contribution is 5.58. The average Bonchev–Trinajstić information content (AvgIpc) is 2.34. The van der Waals surface area contributed by atoms with E-state index in [1.54, 1.807) is 6.33 Å². The summed E-state index contributed by atoms with van der Waals surface area (Å²) in [5.41, 5.74) is 1.14. The minimum absolute atomic E-state index is 0.380. The molecule has 5 nitrogen and oxygen atoms in total. The zero-order valence-corrected chi connectivity index (χ0v) is 12.3. The van der Waals surface area contributed by atoms with Crippen LogP contribution in [-0.2, 0) is 0 Å². The minimum atomic E-state index is 0.380. The Labute approximate surface area is 110 Å². The lowest BCUT2D eigenvalue weighted by Crippen LogP contribution is -2.32. The molecule has 5 heteroatoms. The molecule has 102 valence electrons. The Kier molecular flexibility index (Phi) is 5.34. The second-order valence-electron chi connectivity index (χ2n) is 5.08. The molecule has 0 aromatic carbocycles. The van der Waals surface area contributed by atoms with Crippen LogP contribution in [0.2, 0.25) is 0 Å². The van der Waals surface area contributed by atoms with Crippen LogP contribution in [0.15, 0.2) is 6.33 Å². The fourth-order valence-electron chi connectivity index (χ4n) is 1.71. The Balaban J connectivity index is 2.88. The first kappa shape index (κ1) is 14.7. The molecule has 1 unspecified atom stereocenters. The minimum Gasteiger partial charge on any atom is -0.373 e. The molecule has 1 atom stereocenters. The second-order valence-corrected chi connectivity index (χ2v) is 5.08. The molecule has 0 spiro atoms. The highest BCUT2D eigenvalue weighted by Gasteiger charge is 2.14. The van der Waals surface area contributed by atoms with Crippen molar-refractivity contribution in [2.24, 2.45) is 0 Å². The molecular weight excluding hydrogens is 226 g/mol.